The topological polar surface area (TPSA) is 65.0 Å². The summed E-state index contributed by atoms with van der Waals surface area (Å²) in [6.07, 6.45) is 1.94. The highest BCUT2D eigenvalue weighted by atomic mass is 16.5. The summed E-state index contributed by atoms with van der Waals surface area (Å²) < 4.78 is 5.21. The molecule has 0 aliphatic carbocycles. The van der Waals surface area contributed by atoms with Crippen LogP contribution in [0.25, 0.3) is 0 Å². The highest BCUT2D eigenvalue weighted by molar-refractivity contribution is 5.89. The van der Waals surface area contributed by atoms with Crippen molar-refractivity contribution in [1.29, 1.82) is 0 Å². The zero-order valence-corrected chi connectivity index (χ0v) is 21.1. The molecule has 2 fully saturated rings. The van der Waals surface area contributed by atoms with Crippen LogP contribution in [-0.2, 0) is 0 Å². The van der Waals surface area contributed by atoms with Gasteiger partial charge in [-0.3, -0.25) is 4.90 Å². The number of ether oxygens (including phenoxy) is 1. The van der Waals surface area contributed by atoms with Gasteiger partial charge in [0.1, 0.15) is 5.75 Å². The molecule has 3 aromatic carbocycles. The first-order chi connectivity index (χ1) is 18.2. The number of hydrogen-bond donors (Lipinski definition) is 2. The van der Waals surface area contributed by atoms with Gasteiger partial charge in [-0.1, -0.05) is 42.2 Å². The van der Waals surface area contributed by atoms with E-state index in [9.17, 15) is 9.90 Å². The number of aliphatic hydroxyl groups excluding tert-OH is 1. The lowest BCUT2D eigenvalue weighted by atomic mass is 9.74. The number of fused-ring (bicyclic) bond motifs is 1. The third-order valence-corrected chi connectivity index (χ3v) is 7.42. The number of amides is 2. The van der Waals surface area contributed by atoms with Crippen LogP contribution in [0.15, 0.2) is 78.9 Å². The molecule has 2 N–H and O–H groups in total. The Morgan fingerprint density at radius 2 is 1.62 bits per heavy atom. The van der Waals surface area contributed by atoms with Crippen molar-refractivity contribution in [3.05, 3.63) is 95.6 Å². The third-order valence-electron chi connectivity index (χ3n) is 7.42. The van der Waals surface area contributed by atoms with Gasteiger partial charge in [0.05, 0.1) is 13.7 Å². The van der Waals surface area contributed by atoms with Crippen LogP contribution in [0.4, 0.5) is 10.5 Å². The molecule has 3 aromatic rings. The van der Waals surface area contributed by atoms with Gasteiger partial charge in [-0.25, -0.2) is 4.79 Å². The van der Waals surface area contributed by atoms with E-state index in [1.807, 2.05) is 59.5 Å². The average molecular weight is 496 g/mol. The fourth-order valence-electron chi connectivity index (χ4n) is 5.46. The lowest BCUT2D eigenvalue weighted by Gasteiger charge is -2.57. The molecule has 3 atom stereocenters. The molecule has 2 aliphatic heterocycles. The number of nitrogens with one attached hydrogen (secondary N) is 1. The normalized spacial score (nSPS) is 21.4. The fraction of sp³-hybridized carbons (Fsp3) is 0.323. The summed E-state index contributed by atoms with van der Waals surface area (Å²) in [4.78, 5) is 17.5. The first-order valence-electron chi connectivity index (χ1n) is 12.9. The number of anilines is 1. The molecule has 37 heavy (non-hydrogen) atoms. The molecule has 0 saturated carbocycles. The molecule has 0 spiro atoms. The summed E-state index contributed by atoms with van der Waals surface area (Å²) in [6, 6.07) is 25.8. The monoisotopic (exact) mass is 495 g/mol. The van der Waals surface area contributed by atoms with Gasteiger partial charge < -0.3 is 20.1 Å². The molecular weight excluding hydrogens is 462 g/mol. The van der Waals surface area contributed by atoms with Crippen LogP contribution >= 0.6 is 0 Å². The molecule has 190 valence electrons. The Hall–Kier alpha value is -3.79. The Balaban J connectivity index is 1.30. The molecule has 0 radical (unpaired) electrons. The third kappa shape index (κ3) is 5.64. The van der Waals surface area contributed by atoms with E-state index in [1.165, 1.54) is 5.56 Å². The number of methoxy groups -OCH3 is 1. The number of carbonyl (C=O) groups is 1. The van der Waals surface area contributed by atoms with Gasteiger partial charge in [-0.05, 0) is 73.5 Å². The van der Waals surface area contributed by atoms with Crippen molar-refractivity contribution in [3.8, 4) is 17.6 Å². The van der Waals surface area contributed by atoms with E-state index in [-0.39, 0.29) is 30.6 Å². The average Bonchev–Trinajstić information content (AvgIpc) is 2.92. The van der Waals surface area contributed by atoms with E-state index < -0.39 is 0 Å². The summed E-state index contributed by atoms with van der Waals surface area (Å²) in [7, 11) is 1.62. The lowest BCUT2D eigenvalue weighted by Crippen LogP contribution is -2.68. The SMILES string of the molecule is COc1ccc(NC(=O)N2CCCCN3[C@@H](CO)[C@@H](c4ccc(C#Cc5ccccc5)cc4)[C@@H]3C2)cc1. The molecule has 0 bridgehead atoms. The number of hydrogen-bond acceptors (Lipinski definition) is 4. The molecule has 2 saturated heterocycles. The molecule has 6 nitrogen and oxygen atoms in total. The number of nitrogens with zero attached hydrogens (tertiary/aromatic N) is 2. The molecule has 2 heterocycles. The Labute approximate surface area is 218 Å². The molecule has 2 aliphatic rings. The standard InChI is InChI=1S/C31H33N3O3/c1-37-27-17-15-26(16-18-27)32-31(36)33-19-5-6-20-34-28(21-33)30(29(34)22-35)25-13-11-24(12-14-25)10-9-23-7-3-2-4-8-23/h2-4,7-8,11-18,28-30,35H,5-6,19-22H2,1H3,(H,32,36)/t28-,29-,30-/m0/s1. The number of rotatable bonds is 4. The lowest BCUT2D eigenvalue weighted by molar-refractivity contribution is -0.0585. The second-order valence-corrected chi connectivity index (χ2v) is 9.63. The minimum atomic E-state index is -0.0928. The van der Waals surface area contributed by atoms with E-state index in [0.29, 0.717) is 6.54 Å². The van der Waals surface area contributed by atoms with E-state index in [2.05, 4.69) is 46.3 Å². The number of carbonyl (C=O) groups excluding carboxylic acids is 1. The second kappa shape index (κ2) is 11.5. The summed E-state index contributed by atoms with van der Waals surface area (Å²) in [5, 5.41) is 13.3. The Morgan fingerprint density at radius 1 is 0.946 bits per heavy atom. The molecule has 5 rings (SSSR count). The predicted molar refractivity (Wildman–Crippen MR) is 146 cm³/mol. The highest BCUT2D eigenvalue weighted by Crippen LogP contribution is 2.42. The Kier molecular flexibility index (Phi) is 7.74. The van der Waals surface area contributed by atoms with Crippen molar-refractivity contribution in [1.82, 2.24) is 9.80 Å². The molecule has 0 unspecified atom stereocenters. The van der Waals surface area contributed by atoms with Gasteiger partial charge in [0.15, 0.2) is 0 Å². The van der Waals surface area contributed by atoms with Crippen molar-refractivity contribution in [2.24, 2.45) is 0 Å². The van der Waals surface area contributed by atoms with E-state index in [0.717, 1.165) is 48.5 Å². The van der Waals surface area contributed by atoms with Crippen LogP contribution in [0.1, 0.15) is 35.4 Å². The first kappa shape index (κ1) is 24.9. The van der Waals surface area contributed by atoms with E-state index in [1.54, 1.807) is 7.11 Å². The van der Waals surface area contributed by atoms with E-state index in [4.69, 9.17) is 4.74 Å². The molecule has 6 heteroatoms. The molecule has 0 aromatic heterocycles. The minimum absolute atomic E-state index is 0.0656. The van der Waals surface area contributed by atoms with Crippen LogP contribution < -0.4 is 10.1 Å². The van der Waals surface area contributed by atoms with Gasteiger partial charge >= 0.3 is 6.03 Å². The van der Waals surface area contributed by atoms with Gasteiger partial charge in [-0.15, -0.1) is 0 Å². The van der Waals surface area contributed by atoms with Crippen LogP contribution in [0.5, 0.6) is 5.75 Å². The maximum absolute atomic E-state index is 13.2. The summed E-state index contributed by atoms with van der Waals surface area (Å²) in [5.74, 6) is 7.36. The quantitative estimate of drug-likeness (QED) is 0.521. The van der Waals surface area contributed by atoms with Crippen LogP contribution in [-0.4, -0.2) is 66.4 Å². The van der Waals surface area contributed by atoms with E-state index >= 15 is 0 Å². The number of aliphatic hydroxyl groups is 1. The highest BCUT2D eigenvalue weighted by Gasteiger charge is 2.49. The van der Waals surface area contributed by atoms with Crippen molar-refractivity contribution in [3.63, 3.8) is 0 Å². The van der Waals surface area contributed by atoms with Gasteiger partial charge in [0.25, 0.3) is 0 Å². The van der Waals surface area contributed by atoms with Crippen molar-refractivity contribution in [2.45, 2.75) is 30.8 Å². The van der Waals surface area contributed by atoms with Crippen molar-refractivity contribution < 1.29 is 14.6 Å². The Bertz CT molecular complexity index is 1250. The first-order valence-corrected chi connectivity index (χ1v) is 12.9. The van der Waals surface area contributed by atoms with Gasteiger partial charge in [-0.2, -0.15) is 0 Å². The van der Waals surface area contributed by atoms with Gasteiger partial charge in [0, 0.05) is 47.9 Å². The largest absolute Gasteiger partial charge is 0.497 e. The summed E-state index contributed by atoms with van der Waals surface area (Å²) >= 11 is 0. The molecule has 2 amide bonds. The zero-order valence-electron chi connectivity index (χ0n) is 21.1. The summed E-state index contributed by atoms with van der Waals surface area (Å²) in [5.41, 5.74) is 3.88. The summed E-state index contributed by atoms with van der Waals surface area (Å²) in [6.45, 7) is 2.39. The van der Waals surface area contributed by atoms with Crippen molar-refractivity contribution in [2.75, 3.05) is 38.7 Å². The second-order valence-electron chi connectivity index (χ2n) is 9.63. The van der Waals surface area contributed by atoms with Crippen molar-refractivity contribution >= 4 is 11.7 Å². The number of urea groups is 1. The smallest absolute Gasteiger partial charge is 0.321 e. The minimum Gasteiger partial charge on any atom is -0.497 e. The fourth-order valence-corrected chi connectivity index (χ4v) is 5.46. The Morgan fingerprint density at radius 3 is 2.30 bits per heavy atom. The van der Waals surface area contributed by atoms with Gasteiger partial charge in [0.2, 0.25) is 0 Å². The zero-order chi connectivity index (χ0) is 25.6. The number of benzene rings is 3. The van der Waals surface area contributed by atoms with Crippen LogP contribution in [0.3, 0.4) is 0 Å². The predicted octanol–water partition coefficient (Wildman–Crippen LogP) is 4.55. The van der Waals surface area contributed by atoms with Crippen LogP contribution in [0, 0.1) is 11.8 Å². The van der Waals surface area contributed by atoms with Crippen LogP contribution in [0.2, 0.25) is 0 Å². The molecular formula is C31H33N3O3. The maximum atomic E-state index is 13.2. The maximum Gasteiger partial charge on any atom is 0.321 e.